The van der Waals surface area contributed by atoms with Crippen molar-refractivity contribution in [1.82, 2.24) is 0 Å². The van der Waals surface area contributed by atoms with Gasteiger partial charge >= 0.3 is 0 Å². The molecule has 0 aromatic heterocycles. The summed E-state index contributed by atoms with van der Waals surface area (Å²) in [4.78, 5) is 2.68. The average Bonchev–Trinajstić information content (AvgIpc) is 2.39. The van der Waals surface area contributed by atoms with Crippen LogP contribution in [0.25, 0.3) is 0 Å². The van der Waals surface area contributed by atoms with Gasteiger partial charge in [-0.3, -0.25) is 0 Å². The lowest BCUT2D eigenvalue weighted by atomic mass is 10.1. The fourth-order valence-corrected chi connectivity index (χ4v) is 2.26. The summed E-state index contributed by atoms with van der Waals surface area (Å²) in [5.41, 5.74) is 10.3. The number of anilines is 1. The molecule has 0 aliphatic carbocycles. The molecular weight excluding hydrogens is 252 g/mol. The maximum atomic E-state index is 5.60. The lowest BCUT2D eigenvalue weighted by Crippen LogP contribution is -2.17. The molecule has 0 atom stereocenters. The second-order valence-corrected chi connectivity index (χ2v) is 5.14. The third-order valence-electron chi connectivity index (χ3n) is 3.18. The maximum Gasteiger partial charge on any atom is 0.103 e. The fourth-order valence-electron chi connectivity index (χ4n) is 2.13. The lowest BCUT2D eigenvalue weighted by molar-refractivity contribution is 0.917. The van der Waals surface area contributed by atoms with Crippen LogP contribution in [0.3, 0.4) is 0 Å². The molecule has 2 rings (SSSR count). The van der Waals surface area contributed by atoms with Crippen molar-refractivity contribution in [1.29, 1.82) is 0 Å². The lowest BCUT2D eigenvalue weighted by Gasteiger charge is -2.21. The van der Waals surface area contributed by atoms with Gasteiger partial charge in [0.25, 0.3) is 0 Å². The van der Waals surface area contributed by atoms with Gasteiger partial charge in [0.15, 0.2) is 0 Å². The van der Waals surface area contributed by atoms with Crippen molar-refractivity contribution in [3.05, 3.63) is 65.2 Å². The van der Waals surface area contributed by atoms with Crippen LogP contribution in [0.5, 0.6) is 0 Å². The van der Waals surface area contributed by atoms with Gasteiger partial charge < -0.3 is 10.6 Å². The third-order valence-corrected chi connectivity index (χ3v) is 3.42. The minimum absolute atomic E-state index is 0.443. The summed E-state index contributed by atoms with van der Waals surface area (Å²) in [6, 6.07) is 16.5. The molecule has 0 bridgehead atoms. The minimum Gasteiger partial charge on any atom is -0.389 e. The number of rotatable bonds is 4. The molecule has 0 spiro atoms. The maximum absolute atomic E-state index is 5.60. The second-order valence-electron chi connectivity index (χ2n) is 4.70. The Balaban J connectivity index is 2.13. The van der Waals surface area contributed by atoms with Crippen LogP contribution in [0.1, 0.15) is 16.7 Å². The Labute approximate surface area is 119 Å². The molecule has 0 radical (unpaired) electrons. The number of nitrogens with two attached hydrogens (primary N) is 1. The minimum atomic E-state index is 0.443. The van der Waals surface area contributed by atoms with Crippen LogP contribution in [-0.2, 0) is 6.54 Å². The highest BCUT2D eigenvalue weighted by molar-refractivity contribution is 7.80. The van der Waals surface area contributed by atoms with Crippen LogP contribution in [0.4, 0.5) is 5.69 Å². The van der Waals surface area contributed by atoms with E-state index in [-0.39, 0.29) is 0 Å². The van der Waals surface area contributed by atoms with Gasteiger partial charge in [0.1, 0.15) is 4.99 Å². The van der Waals surface area contributed by atoms with Crippen LogP contribution in [-0.4, -0.2) is 12.0 Å². The first kappa shape index (κ1) is 13.6. The smallest absolute Gasteiger partial charge is 0.103 e. The summed E-state index contributed by atoms with van der Waals surface area (Å²) in [7, 11) is 2.10. The van der Waals surface area contributed by atoms with Crippen molar-refractivity contribution in [3.8, 4) is 0 Å². The number of aryl methyl sites for hydroxylation is 1. The summed E-state index contributed by atoms with van der Waals surface area (Å²) in [5.74, 6) is 0. The fraction of sp³-hybridized carbons (Fsp3) is 0.188. The molecule has 0 saturated heterocycles. The molecule has 2 aromatic carbocycles. The zero-order chi connectivity index (χ0) is 13.8. The molecule has 0 aliphatic heterocycles. The summed E-state index contributed by atoms with van der Waals surface area (Å²) in [6.07, 6.45) is 0. The van der Waals surface area contributed by atoms with Crippen molar-refractivity contribution in [2.24, 2.45) is 5.73 Å². The average molecular weight is 270 g/mol. The van der Waals surface area contributed by atoms with E-state index < -0.39 is 0 Å². The second kappa shape index (κ2) is 5.85. The monoisotopic (exact) mass is 270 g/mol. The highest BCUT2D eigenvalue weighted by Crippen LogP contribution is 2.20. The summed E-state index contributed by atoms with van der Waals surface area (Å²) >= 11 is 4.95. The molecule has 2 N–H and O–H groups in total. The van der Waals surface area contributed by atoms with Gasteiger partial charge in [0.05, 0.1) is 0 Å². The molecular formula is C16H18N2S. The van der Waals surface area contributed by atoms with Gasteiger partial charge in [0.2, 0.25) is 0 Å². The van der Waals surface area contributed by atoms with Crippen LogP contribution in [0, 0.1) is 6.92 Å². The van der Waals surface area contributed by atoms with Crippen molar-refractivity contribution < 1.29 is 0 Å². The normalized spacial score (nSPS) is 10.2. The molecule has 0 aliphatic rings. The quantitative estimate of drug-likeness (QED) is 0.865. The van der Waals surface area contributed by atoms with E-state index in [2.05, 4.69) is 55.3 Å². The molecule has 19 heavy (non-hydrogen) atoms. The zero-order valence-electron chi connectivity index (χ0n) is 11.3. The molecule has 0 heterocycles. The number of nitrogens with zero attached hydrogens (tertiary/aromatic N) is 1. The predicted octanol–water partition coefficient (Wildman–Crippen LogP) is 3.27. The third kappa shape index (κ3) is 3.32. The predicted molar refractivity (Wildman–Crippen MR) is 85.6 cm³/mol. The van der Waals surface area contributed by atoms with Crippen LogP contribution in [0.2, 0.25) is 0 Å². The highest BCUT2D eigenvalue weighted by Gasteiger charge is 2.05. The highest BCUT2D eigenvalue weighted by atomic mass is 32.1. The number of hydrogen-bond acceptors (Lipinski definition) is 2. The first-order valence-corrected chi connectivity index (χ1v) is 6.64. The van der Waals surface area contributed by atoms with E-state index in [1.165, 1.54) is 16.8 Å². The Morgan fingerprint density at radius 3 is 2.32 bits per heavy atom. The first-order valence-electron chi connectivity index (χ1n) is 6.23. The topological polar surface area (TPSA) is 29.3 Å². The van der Waals surface area contributed by atoms with Gasteiger partial charge in [-0.1, -0.05) is 54.7 Å². The van der Waals surface area contributed by atoms with E-state index in [0.717, 1.165) is 12.1 Å². The standard InChI is InChI=1S/C16H18N2S/c1-12-5-3-4-6-15(12)18(2)11-13-7-9-14(10-8-13)16(17)19/h3-10H,11H2,1-2H3,(H2,17,19). The molecule has 0 saturated carbocycles. The van der Waals surface area contributed by atoms with Crippen molar-refractivity contribution in [3.63, 3.8) is 0 Å². The molecule has 3 heteroatoms. The number of para-hydroxylation sites is 1. The van der Waals surface area contributed by atoms with Crippen molar-refractivity contribution in [2.75, 3.05) is 11.9 Å². The largest absolute Gasteiger partial charge is 0.389 e. The Morgan fingerprint density at radius 1 is 1.11 bits per heavy atom. The van der Waals surface area contributed by atoms with Gasteiger partial charge in [-0.15, -0.1) is 0 Å². The van der Waals surface area contributed by atoms with Gasteiger partial charge in [-0.2, -0.15) is 0 Å². The van der Waals surface area contributed by atoms with Crippen LogP contribution >= 0.6 is 12.2 Å². The summed E-state index contributed by atoms with van der Waals surface area (Å²) in [5, 5.41) is 0. The Kier molecular flexibility index (Phi) is 4.17. The molecule has 98 valence electrons. The number of benzene rings is 2. The van der Waals surface area contributed by atoms with Crippen molar-refractivity contribution >= 4 is 22.9 Å². The van der Waals surface area contributed by atoms with Gasteiger partial charge in [-0.05, 0) is 24.1 Å². The number of thiocarbonyl (C=S) groups is 1. The van der Waals surface area contributed by atoms with Crippen LogP contribution < -0.4 is 10.6 Å². The van der Waals surface area contributed by atoms with Crippen molar-refractivity contribution in [2.45, 2.75) is 13.5 Å². The molecule has 0 amide bonds. The molecule has 2 nitrogen and oxygen atoms in total. The first-order chi connectivity index (χ1) is 9.08. The van der Waals surface area contributed by atoms with E-state index in [0.29, 0.717) is 4.99 Å². The van der Waals surface area contributed by atoms with Crippen LogP contribution in [0.15, 0.2) is 48.5 Å². The summed E-state index contributed by atoms with van der Waals surface area (Å²) in [6.45, 7) is 2.99. The zero-order valence-corrected chi connectivity index (χ0v) is 12.1. The van der Waals surface area contributed by atoms with E-state index in [1.807, 2.05) is 12.1 Å². The Bertz CT molecular complexity index is 576. The Hall–Kier alpha value is -1.87. The van der Waals surface area contributed by atoms with Gasteiger partial charge in [-0.25, -0.2) is 0 Å². The Morgan fingerprint density at radius 2 is 1.74 bits per heavy atom. The van der Waals surface area contributed by atoms with E-state index in [4.69, 9.17) is 18.0 Å². The number of hydrogen-bond donors (Lipinski definition) is 1. The van der Waals surface area contributed by atoms with E-state index in [9.17, 15) is 0 Å². The summed E-state index contributed by atoms with van der Waals surface area (Å²) < 4.78 is 0. The SMILES string of the molecule is Cc1ccccc1N(C)Cc1ccc(C(N)=S)cc1. The van der Waals surface area contributed by atoms with E-state index in [1.54, 1.807) is 0 Å². The molecule has 2 aromatic rings. The molecule has 0 fully saturated rings. The van der Waals surface area contributed by atoms with Gasteiger partial charge in [0, 0.05) is 24.8 Å². The van der Waals surface area contributed by atoms with E-state index >= 15 is 0 Å². The molecule has 0 unspecified atom stereocenters.